The summed E-state index contributed by atoms with van der Waals surface area (Å²) >= 11 is 0. The first-order chi connectivity index (χ1) is 18.9. The van der Waals surface area contributed by atoms with Gasteiger partial charge >= 0.3 is 0 Å². The Kier molecular flexibility index (Phi) is 6.38. The average Bonchev–Trinajstić information content (AvgIpc) is 3.18. The fourth-order valence-electron chi connectivity index (χ4n) is 7.93. The molecule has 0 saturated heterocycles. The van der Waals surface area contributed by atoms with Crippen LogP contribution >= 0.6 is 0 Å². The third-order valence-corrected chi connectivity index (χ3v) is 9.86. The Bertz CT molecular complexity index is 1510. The number of aromatic nitrogens is 2. The number of fused-ring (bicyclic) bond motifs is 4. The quantitative estimate of drug-likeness (QED) is 0.411. The minimum absolute atomic E-state index is 0.122. The normalized spacial score (nSPS) is 31.5. The highest BCUT2D eigenvalue weighted by atomic mass is 19.1. The molecule has 2 aromatic rings. The van der Waals surface area contributed by atoms with Crippen LogP contribution in [0.3, 0.4) is 0 Å². The Balaban J connectivity index is 1.53. The highest BCUT2D eigenvalue weighted by Crippen LogP contribution is 2.66. The minimum Gasteiger partial charge on any atom is -0.377 e. The molecule has 208 valence electrons. The van der Waals surface area contributed by atoms with E-state index in [9.17, 15) is 9.90 Å². The van der Waals surface area contributed by atoms with Gasteiger partial charge in [0, 0.05) is 46.7 Å². The maximum absolute atomic E-state index is 16.1. The van der Waals surface area contributed by atoms with Crippen LogP contribution in [0.15, 0.2) is 53.6 Å². The fraction of sp³-hybridized carbons (Fsp3) is 0.500. The molecule has 0 bridgehead atoms. The van der Waals surface area contributed by atoms with Crippen molar-refractivity contribution in [2.45, 2.75) is 84.2 Å². The molecule has 4 aliphatic rings. The second-order valence-corrected chi connectivity index (χ2v) is 13.4. The molecule has 6 rings (SSSR count). The SMILES string of the molecule is CC(C)(C)C#C[C@]1(O)CC[C@H]2[C@@H]3CCC4=CC(=O)CCC4=C3[C@@H](c3cc(F)c(-c4cncnc4)cc3F)C[C@@]21C. The van der Waals surface area contributed by atoms with Crippen LogP contribution in [0.25, 0.3) is 11.1 Å². The van der Waals surface area contributed by atoms with Crippen LogP contribution in [-0.2, 0) is 4.79 Å². The standard InChI is InChI=1S/C34H36F2N2O2/c1-32(2,3)11-12-34(40)10-9-28-24-7-5-20-13-22(39)6-8-23(20)31(24)27(16-33(28,34)4)26-15-29(35)25(14-30(26)36)21-17-37-19-38-18-21/h13-15,17-19,24,27-28,40H,5-10,16H2,1-4H3/t24-,27+,28-,33-,34+/m0/s1. The lowest BCUT2D eigenvalue weighted by Crippen LogP contribution is -2.51. The molecule has 4 aliphatic carbocycles. The number of aliphatic hydroxyl groups is 1. The van der Waals surface area contributed by atoms with Crippen LogP contribution in [-0.4, -0.2) is 26.5 Å². The number of carbonyl (C=O) groups excluding carboxylic acids is 1. The second kappa shape index (κ2) is 9.45. The van der Waals surface area contributed by atoms with Gasteiger partial charge in [0.2, 0.25) is 0 Å². The predicted octanol–water partition coefficient (Wildman–Crippen LogP) is 7.10. The van der Waals surface area contributed by atoms with Crippen molar-refractivity contribution < 1.29 is 18.7 Å². The van der Waals surface area contributed by atoms with Crippen LogP contribution in [0, 0.1) is 46.1 Å². The van der Waals surface area contributed by atoms with Crippen LogP contribution in [0.2, 0.25) is 0 Å². The molecule has 2 saturated carbocycles. The smallest absolute Gasteiger partial charge is 0.156 e. The van der Waals surface area contributed by atoms with Crippen LogP contribution < -0.4 is 0 Å². The lowest BCUT2D eigenvalue weighted by Gasteiger charge is -2.53. The number of halogens is 2. The molecule has 0 spiro atoms. The molecule has 6 heteroatoms. The van der Waals surface area contributed by atoms with Crippen molar-refractivity contribution in [2.24, 2.45) is 22.7 Å². The molecule has 4 nitrogen and oxygen atoms in total. The molecular formula is C34H36F2N2O2. The Morgan fingerprint density at radius 1 is 1.05 bits per heavy atom. The van der Waals surface area contributed by atoms with Crippen molar-refractivity contribution in [1.29, 1.82) is 0 Å². The molecule has 1 N–H and O–H groups in total. The molecule has 5 atom stereocenters. The first kappa shape index (κ1) is 27.0. The fourth-order valence-corrected chi connectivity index (χ4v) is 7.93. The monoisotopic (exact) mass is 542 g/mol. The summed E-state index contributed by atoms with van der Waals surface area (Å²) in [6.45, 7) is 8.19. The van der Waals surface area contributed by atoms with Crippen LogP contribution in [0.1, 0.15) is 84.1 Å². The van der Waals surface area contributed by atoms with Gasteiger partial charge in [0.05, 0.1) is 0 Å². The van der Waals surface area contributed by atoms with Crippen LogP contribution in [0.4, 0.5) is 8.78 Å². The van der Waals surface area contributed by atoms with Gasteiger partial charge in [0.25, 0.3) is 0 Å². The average molecular weight is 543 g/mol. The first-order valence-electron chi connectivity index (χ1n) is 14.4. The zero-order chi connectivity index (χ0) is 28.4. The van der Waals surface area contributed by atoms with Crippen molar-refractivity contribution >= 4 is 5.78 Å². The van der Waals surface area contributed by atoms with Gasteiger partial charge in [-0.2, -0.15) is 0 Å². The summed E-state index contributed by atoms with van der Waals surface area (Å²) in [7, 11) is 0. The molecule has 0 radical (unpaired) electrons. The number of nitrogens with zero attached hydrogens (tertiary/aromatic N) is 2. The predicted molar refractivity (Wildman–Crippen MR) is 150 cm³/mol. The number of rotatable bonds is 2. The number of hydrogen-bond donors (Lipinski definition) is 1. The molecule has 0 aliphatic heterocycles. The Morgan fingerprint density at radius 3 is 2.52 bits per heavy atom. The third-order valence-electron chi connectivity index (χ3n) is 9.86. The van der Waals surface area contributed by atoms with Gasteiger partial charge in [-0.3, -0.25) is 4.79 Å². The van der Waals surface area contributed by atoms with Gasteiger partial charge in [0.1, 0.15) is 23.6 Å². The Hall–Kier alpha value is -3.17. The van der Waals surface area contributed by atoms with Crippen LogP contribution in [0.5, 0.6) is 0 Å². The topological polar surface area (TPSA) is 63.1 Å². The highest BCUT2D eigenvalue weighted by Gasteiger charge is 2.62. The summed E-state index contributed by atoms with van der Waals surface area (Å²) in [4.78, 5) is 20.2. The van der Waals surface area contributed by atoms with Crippen molar-refractivity contribution in [1.82, 2.24) is 9.97 Å². The molecule has 0 amide bonds. The van der Waals surface area contributed by atoms with E-state index in [-0.39, 0.29) is 28.6 Å². The maximum Gasteiger partial charge on any atom is 0.156 e. The zero-order valence-corrected chi connectivity index (χ0v) is 23.7. The Morgan fingerprint density at radius 2 is 1.80 bits per heavy atom. The van der Waals surface area contributed by atoms with E-state index >= 15 is 8.78 Å². The lowest BCUT2D eigenvalue weighted by atomic mass is 9.51. The Labute approximate surface area is 235 Å². The van der Waals surface area contributed by atoms with Crippen molar-refractivity contribution in [2.75, 3.05) is 0 Å². The van der Waals surface area contributed by atoms with Gasteiger partial charge < -0.3 is 5.11 Å². The summed E-state index contributed by atoms with van der Waals surface area (Å²) in [6.07, 6.45) is 10.6. The van der Waals surface area contributed by atoms with E-state index in [2.05, 4.69) is 28.7 Å². The van der Waals surface area contributed by atoms with Crippen molar-refractivity contribution in [3.63, 3.8) is 0 Å². The van der Waals surface area contributed by atoms with E-state index in [1.165, 1.54) is 30.9 Å². The van der Waals surface area contributed by atoms with Crippen molar-refractivity contribution in [3.8, 4) is 23.0 Å². The summed E-state index contributed by atoms with van der Waals surface area (Å²) in [5, 5.41) is 12.1. The van der Waals surface area contributed by atoms with E-state index in [4.69, 9.17) is 0 Å². The molecule has 1 heterocycles. The van der Waals surface area contributed by atoms with E-state index in [0.717, 1.165) is 36.0 Å². The van der Waals surface area contributed by atoms with Gasteiger partial charge in [-0.15, -0.1) is 0 Å². The molecular weight excluding hydrogens is 506 g/mol. The van der Waals surface area contributed by atoms with E-state index in [0.29, 0.717) is 36.8 Å². The molecule has 2 fully saturated rings. The maximum atomic E-state index is 16.1. The summed E-state index contributed by atoms with van der Waals surface area (Å²) in [6, 6.07) is 2.58. The molecule has 1 aromatic carbocycles. The summed E-state index contributed by atoms with van der Waals surface area (Å²) < 4.78 is 31.8. The number of allylic oxidation sites excluding steroid dienone is 4. The minimum atomic E-state index is -1.21. The molecule has 1 aromatic heterocycles. The van der Waals surface area contributed by atoms with Gasteiger partial charge in [0.15, 0.2) is 5.78 Å². The molecule has 0 unspecified atom stereocenters. The van der Waals surface area contributed by atoms with Crippen molar-refractivity contribution in [3.05, 3.63) is 70.8 Å². The second-order valence-electron chi connectivity index (χ2n) is 13.4. The van der Waals surface area contributed by atoms with Gasteiger partial charge in [-0.25, -0.2) is 18.7 Å². The zero-order valence-electron chi connectivity index (χ0n) is 23.7. The third kappa shape index (κ3) is 4.34. The van der Waals surface area contributed by atoms with E-state index in [1.54, 1.807) is 6.08 Å². The molecule has 40 heavy (non-hydrogen) atoms. The summed E-state index contributed by atoms with van der Waals surface area (Å²) in [5.41, 5.74) is 2.12. The van der Waals surface area contributed by atoms with Gasteiger partial charge in [-0.1, -0.05) is 24.3 Å². The van der Waals surface area contributed by atoms with Gasteiger partial charge in [-0.05, 0) is 106 Å². The van der Waals surface area contributed by atoms with E-state index in [1.807, 2.05) is 20.8 Å². The number of carbonyl (C=O) groups is 1. The number of benzene rings is 1. The largest absolute Gasteiger partial charge is 0.377 e. The summed E-state index contributed by atoms with van der Waals surface area (Å²) in [5.74, 6) is 5.56. The first-order valence-corrected chi connectivity index (χ1v) is 14.4. The lowest BCUT2D eigenvalue weighted by molar-refractivity contribution is -0.114. The number of ketones is 1. The number of hydrogen-bond acceptors (Lipinski definition) is 4. The van der Waals surface area contributed by atoms with E-state index < -0.39 is 28.6 Å². The highest BCUT2D eigenvalue weighted by molar-refractivity contribution is 5.93.